The Labute approximate surface area is 140 Å². The number of aliphatic hydroxyl groups excluding tert-OH is 1. The number of hydrogen-bond donors (Lipinski definition) is 2. The Bertz CT molecular complexity index is 584. The second-order valence-corrected chi connectivity index (χ2v) is 6.91. The van der Waals surface area contributed by atoms with Crippen molar-refractivity contribution in [2.24, 2.45) is 5.92 Å². The first-order chi connectivity index (χ1) is 11.5. The summed E-state index contributed by atoms with van der Waals surface area (Å²) in [5, 5.41) is 13.0. The highest BCUT2D eigenvalue weighted by Gasteiger charge is 2.32. The normalized spacial score (nSPS) is 20.8. The molecule has 0 aromatic heterocycles. The second kappa shape index (κ2) is 7.57. The lowest BCUT2D eigenvalue weighted by Crippen LogP contribution is -2.45. The lowest BCUT2D eigenvalue weighted by molar-refractivity contribution is -0.133. The highest BCUT2D eigenvalue weighted by Crippen LogP contribution is 2.23. The predicted octanol–water partition coefficient (Wildman–Crippen LogP) is 1.86. The molecule has 1 amide bonds. The van der Waals surface area contributed by atoms with E-state index in [4.69, 9.17) is 0 Å². The molecule has 0 spiro atoms. The van der Waals surface area contributed by atoms with E-state index in [1.54, 1.807) is 6.07 Å². The molecule has 1 atom stereocenters. The average molecular weight is 338 g/mol. The van der Waals surface area contributed by atoms with Gasteiger partial charge in [-0.25, -0.2) is 8.78 Å². The standard InChI is InChI=1S/C18H24F2N2O2/c19-15-4-1-12(11-16(15)20)5-8-22-9-6-13(7-10-22)17(23)18(24)21-14-2-3-14/h1,4,11,13-14,17,23H,2-3,5-10H2,(H,21,24)/t17-/m1/s1. The minimum Gasteiger partial charge on any atom is -0.383 e. The SMILES string of the molecule is O=C(NC1CC1)[C@H](O)C1CCN(CCc2ccc(F)c(F)c2)CC1. The molecule has 4 nitrogen and oxygen atoms in total. The topological polar surface area (TPSA) is 52.6 Å². The molecule has 1 aromatic carbocycles. The summed E-state index contributed by atoms with van der Waals surface area (Å²) in [6.07, 6.45) is 3.32. The zero-order valence-electron chi connectivity index (χ0n) is 13.7. The number of benzene rings is 1. The van der Waals surface area contributed by atoms with Crippen LogP contribution in [0.5, 0.6) is 0 Å². The van der Waals surface area contributed by atoms with E-state index in [1.165, 1.54) is 6.07 Å². The van der Waals surface area contributed by atoms with Crippen LogP contribution in [-0.2, 0) is 11.2 Å². The Balaban J connectivity index is 1.41. The lowest BCUT2D eigenvalue weighted by Gasteiger charge is -2.33. The maximum atomic E-state index is 13.2. The third kappa shape index (κ3) is 4.51. The number of nitrogens with one attached hydrogen (secondary N) is 1. The van der Waals surface area contributed by atoms with Crippen molar-refractivity contribution in [2.45, 2.75) is 44.2 Å². The third-order valence-electron chi connectivity index (χ3n) is 4.97. The van der Waals surface area contributed by atoms with Crippen LogP contribution in [0.3, 0.4) is 0 Å². The number of likely N-dealkylation sites (tertiary alicyclic amines) is 1. The summed E-state index contributed by atoms with van der Waals surface area (Å²) < 4.78 is 26.1. The van der Waals surface area contributed by atoms with E-state index >= 15 is 0 Å². The zero-order valence-corrected chi connectivity index (χ0v) is 13.7. The number of nitrogens with zero attached hydrogens (tertiary/aromatic N) is 1. The molecule has 1 heterocycles. The quantitative estimate of drug-likeness (QED) is 0.832. The van der Waals surface area contributed by atoms with Crippen molar-refractivity contribution in [2.75, 3.05) is 19.6 Å². The fourth-order valence-electron chi connectivity index (χ4n) is 3.20. The van der Waals surface area contributed by atoms with Crippen molar-refractivity contribution >= 4 is 5.91 Å². The van der Waals surface area contributed by atoms with Crippen molar-refractivity contribution in [3.63, 3.8) is 0 Å². The number of aliphatic hydroxyl groups is 1. The van der Waals surface area contributed by atoms with Crippen LogP contribution in [-0.4, -0.2) is 47.7 Å². The number of hydrogen-bond acceptors (Lipinski definition) is 3. The van der Waals surface area contributed by atoms with Crippen molar-refractivity contribution in [1.82, 2.24) is 10.2 Å². The van der Waals surface area contributed by atoms with Gasteiger partial charge in [0.25, 0.3) is 0 Å². The van der Waals surface area contributed by atoms with Gasteiger partial charge in [-0.15, -0.1) is 0 Å². The van der Waals surface area contributed by atoms with Gasteiger partial charge in [0, 0.05) is 12.6 Å². The molecule has 1 aromatic rings. The Morgan fingerprint density at radius 2 is 1.92 bits per heavy atom. The lowest BCUT2D eigenvalue weighted by atomic mass is 9.90. The van der Waals surface area contributed by atoms with Crippen molar-refractivity contribution in [3.8, 4) is 0 Å². The first-order valence-electron chi connectivity index (χ1n) is 8.67. The maximum Gasteiger partial charge on any atom is 0.249 e. The number of halogens is 2. The van der Waals surface area contributed by atoms with Crippen LogP contribution in [0.1, 0.15) is 31.2 Å². The number of amides is 1. The van der Waals surface area contributed by atoms with Gasteiger partial charge >= 0.3 is 0 Å². The first-order valence-corrected chi connectivity index (χ1v) is 8.67. The summed E-state index contributed by atoms with van der Waals surface area (Å²) in [5.41, 5.74) is 0.778. The van der Waals surface area contributed by atoms with E-state index in [9.17, 15) is 18.7 Å². The van der Waals surface area contributed by atoms with E-state index < -0.39 is 17.7 Å². The minimum atomic E-state index is -0.918. The Kier molecular flexibility index (Phi) is 5.46. The Morgan fingerprint density at radius 1 is 1.21 bits per heavy atom. The van der Waals surface area contributed by atoms with Gasteiger partial charge in [-0.2, -0.15) is 0 Å². The van der Waals surface area contributed by atoms with Gasteiger partial charge in [0.05, 0.1) is 0 Å². The van der Waals surface area contributed by atoms with Crippen molar-refractivity contribution in [3.05, 3.63) is 35.4 Å². The summed E-state index contributed by atoms with van der Waals surface area (Å²) in [5.74, 6) is -1.87. The minimum absolute atomic E-state index is 0.00302. The van der Waals surface area contributed by atoms with Gasteiger partial charge in [-0.1, -0.05) is 6.07 Å². The largest absolute Gasteiger partial charge is 0.383 e. The molecule has 1 aliphatic carbocycles. The van der Waals surface area contributed by atoms with Gasteiger partial charge in [0.15, 0.2) is 11.6 Å². The highest BCUT2D eigenvalue weighted by atomic mass is 19.2. The van der Waals surface area contributed by atoms with Crippen LogP contribution < -0.4 is 5.32 Å². The van der Waals surface area contributed by atoms with Crippen molar-refractivity contribution < 1.29 is 18.7 Å². The Morgan fingerprint density at radius 3 is 2.54 bits per heavy atom. The van der Waals surface area contributed by atoms with Gasteiger partial charge in [0.1, 0.15) is 6.10 Å². The first kappa shape index (κ1) is 17.3. The van der Waals surface area contributed by atoms with Gasteiger partial charge < -0.3 is 15.3 Å². The fourth-order valence-corrected chi connectivity index (χ4v) is 3.20. The molecule has 0 unspecified atom stereocenters. The van der Waals surface area contributed by atoms with E-state index in [0.29, 0.717) is 6.42 Å². The maximum absolute atomic E-state index is 13.2. The molecule has 0 bridgehead atoms. The van der Waals surface area contributed by atoms with E-state index in [1.807, 2.05) is 0 Å². The molecule has 1 aliphatic heterocycles. The fraction of sp³-hybridized carbons (Fsp3) is 0.611. The Hall–Kier alpha value is -1.53. The number of carbonyl (C=O) groups is 1. The van der Waals surface area contributed by atoms with Crippen LogP contribution in [0.2, 0.25) is 0 Å². The van der Waals surface area contributed by atoms with Gasteiger partial charge in [0.2, 0.25) is 5.91 Å². The molecule has 0 radical (unpaired) electrons. The molecule has 2 aliphatic rings. The van der Waals surface area contributed by atoms with Crippen LogP contribution >= 0.6 is 0 Å². The summed E-state index contributed by atoms with van der Waals surface area (Å²) in [4.78, 5) is 14.1. The zero-order chi connectivity index (χ0) is 17.1. The number of rotatable bonds is 6. The number of carbonyl (C=O) groups excluding carboxylic acids is 1. The van der Waals surface area contributed by atoms with Gasteiger partial charge in [-0.3, -0.25) is 4.79 Å². The van der Waals surface area contributed by atoms with Crippen LogP contribution in [0.4, 0.5) is 8.78 Å². The summed E-state index contributed by atoms with van der Waals surface area (Å²) in [6.45, 7) is 2.38. The second-order valence-electron chi connectivity index (χ2n) is 6.91. The van der Waals surface area contributed by atoms with E-state index in [2.05, 4.69) is 10.2 Å². The molecule has 6 heteroatoms. The van der Waals surface area contributed by atoms with Crippen LogP contribution in [0.25, 0.3) is 0 Å². The third-order valence-corrected chi connectivity index (χ3v) is 4.97. The molecule has 2 fully saturated rings. The van der Waals surface area contributed by atoms with Crippen LogP contribution in [0.15, 0.2) is 18.2 Å². The molecular weight excluding hydrogens is 314 g/mol. The van der Waals surface area contributed by atoms with Gasteiger partial charge in [-0.05, 0) is 68.8 Å². The molecule has 1 saturated carbocycles. The summed E-state index contributed by atoms with van der Waals surface area (Å²) in [7, 11) is 0. The van der Waals surface area contributed by atoms with Crippen molar-refractivity contribution in [1.29, 1.82) is 0 Å². The smallest absolute Gasteiger partial charge is 0.249 e. The van der Waals surface area contributed by atoms with E-state index in [0.717, 1.165) is 56.9 Å². The monoisotopic (exact) mass is 338 g/mol. The molecule has 24 heavy (non-hydrogen) atoms. The predicted molar refractivity (Wildman–Crippen MR) is 86.4 cm³/mol. The molecule has 3 rings (SSSR count). The molecule has 1 saturated heterocycles. The summed E-state index contributed by atoms with van der Waals surface area (Å²) >= 11 is 0. The summed E-state index contributed by atoms with van der Waals surface area (Å²) in [6, 6.07) is 4.28. The average Bonchev–Trinajstić information content (AvgIpc) is 3.39. The molecule has 2 N–H and O–H groups in total. The molecular formula is C18H24F2N2O2. The number of piperidine rings is 1. The molecule has 132 valence electrons. The highest BCUT2D eigenvalue weighted by molar-refractivity contribution is 5.81. The van der Waals surface area contributed by atoms with E-state index in [-0.39, 0.29) is 17.9 Å². The van der Waals surface area contributed by atoms with Crippen LogP contribution in [0, 0.1) is 17.6 Å².